The van der Waals surface area contributed by atoms with Crippen molar-refractivity contribution in [2.45, 2.75) is 200 Å². The van der Waals surface area contributed by atoms with Gasteiger partial charge in [0.1, 0.15) is 6.61 Å². The molecular weight excluding hydrogens is 572 g/mol. The molecule has 0 aromatic rings. The number of aliphatic hydroxyl groups is 1. The van der Waals surface area contributed by atoms with E-state index in [2.05, 4.69) is 50.3 Å². The summed E-state index contributed by atoms with van der Waals surface area (Å²) in [4.78, 5) is 24.2. The first-order valence-corrected chi connectivity index (χ1v) is 19.5. The lowest BCUT2D eigenvalue weighted by Crippen LogP contribution is -2.28. The Morgan fingerprint density at radius 3 is 1.41 bits per heavy atom. The second kappa shape index (κ2) is 37.6. The van der Waals surface area contributed by atoms with Gasteiger partial charge in [0.25, 0.3) is 0 Å². The molecule has 0 aliphatic rings. The van der Waals surface area contributed by atoms with Gasteiger partial charge in [-0.05, 0) is 44.9 Å². The molecule has 0 amide bonds. The fraction of sp³-hybridized carbons (Fsp3) is 0.805. The van der Waals surface area contributed by atoms with Crippen molar-refractivity contribution in [3.05, 3.63) is 36.5 Å². The van der Waals surface area contributed by atoms with E-state index in [0.717, 1.165) is 70.6 Å². The summed E-state index contributed by atoms with van der Waals surface area (Å²) in [5, 5.41) is 9.54. The molecule has 0 rings (SSSR count). The third-order valence-corrected chi connectivity index (χ3v) is 8.45. The molecule has 0 spiro atoms. The highest BCUT2D eigenvalue weighted by Gasteiger charge is 2.16. The zero-order chi connectivity index (χ0) is 33.6. The maximum Gasteiger partial charge on any atom is 0.306 e. The van der Waals surface area contributed by atoms with Gasteiger partial charge in [-0.25, -0.2) is 0 Å². The normalized spacial score (nSPS) is 12.5. The van der Waals surface area contributed by atoms with E-state index >= 15 is 0 Å². The van der Waals surface area contributed by atoms with E-state index in [9.17, 15) is 14.7 Å². The van der Waals surface area contributed by atoms with Crippen molar-refractivity contribution >= 4 is 11.9 Å². The molecular formula is C41H74O5. The van der Waals surface area contributed by atoms with Gasteiger partial charge >= 0.3 is 11.9 Å². The Balaban J connectivity index is 3.55. The van der Waals surface area contributed by atoms with Crippen LogP contribution >= 0.6 is 0 Å². The maximum absolute atomic E-state index is 12.1. The van der Waals surface area contributed by atoms with Crippen LogP contribution in [-0.2, 0) is 19.1 Å². The Morgan fingerprint density at radius 2 is 0.935 bits per heavy atom. The molecule has 0 radical (unpaired) electrons. The van der Waals surface area contributed by atoms with Crippen LogP contribution in [0.2, 0.25) is 0 Å². The predicted molar refractivity (Wildman–Crippen MR) is 196 cm³/mol. The van der Waals surface area contributed by atoms with Crippen molar-refractivity contribution in [2.24, 2.45) is 0 Å². The van der Waals surface area contributed by atoms with Crippen molar-refractivity contribution in [2.75, 3.05) is 13.2 Å². The molecule has 1 atom stereocenters. The van der Waals surface area contributed by atoms with Gasteiger partial charge in [-0.3, -0.25) is 9.59 Å². The molecule has 0 saturated carbocycles. The van der Waals surface area contributed by atoms with Crippen LogP contribution in [0.15, 0.2) is 36.5 Å². The largest absolute Gasteiger partial charge is 0.462 e. The molecule has 0 saturated heterocycles. The van der Waals surface area contributed by atoms with Crippen LogP contribution in [0.5, 0.6) is 0 Å². The lowest BCUT2D eigenvalue weighted by molar-refractivity contribution is -0.161. The first-order valence-electron chi connectivity index (χ1n) is 19.5. The highest BCUT2D eigenvalue weighted by Crippen LogP contribution is 2.15. The molecule has 0 heterocycles. The molecule has 1 unspecified atom stereocenters. The number of rotatable bonds is 35. The van der Waals surface area contributed by atoms with E-state index < -0.39 is 6.10 Å². The van der Waals surface area contributed by atoms with Gasteiger partial charge in [0.05, 0.1) is 6.61 Å². The average molecular weight is 647 g/mol. The van der Waals surface area contributed by atoms with Crippen molar-refractivity contribution in [1.29, 1.82) is 0 Å². The number of allylic oxidation sites excluding steroid dienone is 6. The quantitative estimate of drug-likeness (QED) is 0.0421. The van der Waals surface area contributed by atoms with Gasteiger partial charge in [0.2, 0.25) is 0 Å². The summed E-state index contributed by atoms with van der Waals surface area (Å²) >= 11 is 0. The lowest BCUT2D eigenvalue weighted by atomic mass is 10.0. The second-order valence-corrected chi connectivity index (χ2v) is 13.0. The van der Waals surface area contributed by atoms with E-state index in [-0.39, 0.29) is 25.2 Å². The number of hydrogen-bond donors (Lipinski definition) is 1. The molecule has 0 aromatic heterocycles. The first-order chi connectivity index (χ1) is 22.6. The minimum absolute atomic E-state index is 0.0702. The Bertz CT molecular complexity index is 741. The Morgan fingerprint density at radius 1 is 0.522 bits per heavy atom. The monoisotopic (exact) mass is 647 g/mol. The van der Waals surface area contributed by atoms with Crippen LogP contribution in [0.3, 0.4) is 0 Å². The summed E-state index contributed by atoms with van der Waals surface area (Å²) < 4.78 is 10.6. The van der Waals surface area contributed by atoms with Crippen LogP contribution in [-0.4, -0.2) is 36.4 Å². The Kier molecular flexibility index (Phi) is 36.0. The molecule has 268 valence electrons. The third kappa shape index (κ3) is 35.0. The molecule has 46 heavy (non-hydrogen) atoms. The van der Waals surface area contributed by atoms with Crippen LogP contribution < -0.4 is 0 Å². The maximum atomic E-state index is 12.1. The van der Waals surface area contributed by atoms with Gasteiger partial charge in [0.15, 0.2) is 6.10 Å². The predicted octanol–water partition coefficient (Wildman–Crippen LogP) is 12.1. The highest BCUT2D eigenvalue weighted by atomic mass is 16.6. The van der Waals surface area contributed by atoms with Crippen LogP contribution in [0.1, 0.15) is 194 Å². The lowest BCUT2D eigenvalue weighted by Gasteiger charge is -2.15. The third-order valence-electron chi connectivity index (χ3n) is 8.45. The molecule has 0 aliphatic heterocycles. The summed E-state index contributed by atoms with van der Waals surface area (Å²) in [5.41, 5.74) is 0. The fourth-order valence-corrected chi connectivity index (χ4v) is 5.51. The van der Waals surface area contributed by atoms with Crippen molar-refractivity contribution in [3.8, 4) is 0 Å². The highest BCUT2D eigenvalue weighted by molar-refractivity contribution is 5.70. The number of ether oxygens (including phenoxy) is 2. The van der Waals surface area contributed by atoms with Crippen LogP contribution in [0.4, 0.5) is 0 Å². The van der Waals surface area contributed by atoms with Gasteiger partial charge in [0, 0.05) is 12.8 Å². The van der Waals surface area contributed by atoms with Crippen LogP contribution in [0, 0.1) is 0 Å². The number of carbonyl (C=O) groups is 2. The summed E-state index contributed by atoms with van der Waals surface area (Å²) in [7, 11) is 0. The summed E-state index contributed by atoms with van der Waals surface area (Å²) in [6.07, 6.45) is 44.9. The minimum atomic E-state index is -0.776. The average Bonchev–Trinajstić information content (AvgIpc) is 3.06. The molecule has 1 N–H and O–H groups in total. The van der Waals surface area contributed by atoms with Crippen molar-refractivity contribution in [3.63, 3.8) is 0 Å². The molecule has 0 aliphatic carbocycles. The zero-order valence-corrected chi connectivity index (χ0v) is 30.3. The Hall–Kier alpha value is -1.88. The van der Waals surface area contributed by atoms with Crippen molar-refractivity contribution < 1.29 is 24.2 Å². The molecule has 0 bridgehead atoms. The van der Waals surface area contributed by atoms with E-state index in [1.54, 1.807) is 0 Å². The van der Waals surface area contributed by atoms with Gasteiger partial charge in [-0.2, -0.15) is 0 Å². The fourth-order valence-electron chi connectivity index (χ4n) is 5.51. The van der Waals surface area contributed by atoms with Gasteiger partial charge in [-0.1, -0.05) is 172 Å². The number of esters is 2. The topological polar surface area (TPSA) is 72.8 Å². The van der Waals surface area contributed by atoms with E-state index in [0.29, 0.717) is 12.8 Å². The number of hydrogen-bond acceptors (Lipinski definition) is 5. The number of carbonyl (C=O) groups excluding carboxylic acids is 2. The van der Waals surface area contributed by atoms with E-state index in [1.165, 1.54) is 96.3 Å². The van der Waals surface area contributed by atoms with Crippen molar-refractivity contribution in [1.82, 2.24) is 0 Å². The summed E-state index contributed by atoms with van der Waals surface area (Å²) in [6, 6.07) is 0. The summed E-state index contributed by atoms with van der Waals surface area (Å²) in [5.74, 6) is -0.606. The standard InChI is InChI=1S/C41H74O5/c1-3-5-7-9-11-13-15-17-19-20-22-23-25-27-29-31-33-35-40(43)45-38-39(37-42)46-41(44)36-34-32-30-28-26-24-21-18-16-14-12-10-8-6-4-2/h6,8,12,14,18,21,39,42H,3-5,7,9-11,13,15-17,19-20,22-38H2,1-2H3/b8-6-,14-12-,21-18-. The molecule has 0 fully saturated rings. The first kappa shape index (κ1) is 44.1. The van der Waals surface area contributed by atoms with Gasteiger partial charge < -0.3 is 14.6 Å². The molecule has 0 aromatic carbocycles. The number of aliphatic hydroxyl groups excluding tert-OH is 1. The molecule has 5 heteroatoms. The van der Waals surface area contributed by atoms with Crippen LogP contribution in [0.25, 0.3) is 0 Å². The minimum Gasteiger partial charge on any atom is -0.462 e. The molecule has 5 nitrogen and oxygen atoms in total. The zero-order valence-electron chi connectivity index (χ0n) is 30.3. The van der Waals surface area contributed by atoms with Gasteiger partial charge in [-0.15, -0.1) is 0 Å². The SMILES string of the molecule is CC/C=C\C/C=C\C/C=C\CCCCCCCC(=O)OC(CO)COC(=O)CCCCCCCCCCCCCCCCCCC. The number of unbranched alkanes of at least 4 members (excludes halogenated alkanes) is 21. The smallest absolute Gasteiger partial charge is 0.306 e. The Labute approximate surface area is 285 Å². The second-order valence-electron chi connectivity index (χ2n) is 13.0. The van der Waals surface area contributed by atoms with E-state index in [1.807, 2.05) is 0 Å². The summed E-state index contributed by atoms with van der Waals surface area (Å²) in [6.45, 7) is 4.02. The van der Waals surface area contributed by atoms with E-state index in [4.69, 9.17) is 9.47 Å².